The molecular formula is C24H24N4O3. The maximum Gasteiger partial charge on any atom is 0.267 e. The third-order valence-electron chi connectivity index (χ3n) is 5.20. The number of aryl methyl sites for hydroxylation is 1. The van der Waals surface area contributed by atoms with Gasteiger partial charge in [0.25, 0.3) is 5.91 Å². The van der Waals surface area contributed by atoms with E-state index in [0.29, 0.717) is 35.1 Å². The smallest absolute Gasteiger partial charge is 0.267 e. The number of rotatable bonds is 7. The van der Waals surface area contributed by atoms with Crippen molar-refractivity contribution >= 4 is 23.3 Å². The number of fused-ring (bicyclic) bond motifs is 1. The highest BCUT2D eigenvalue weighted by atomic mass is 16.5. The van der Waals surface area contributed by atoms with Crippen LogP contribution in [0.25, 0.3) is 11.4 Å². The van der Waals surface area contributed by atoms with E-state index in [1.807, 2.05) is 55.5 Å². The first-order chi connectivity index (χ1) is 15.0. The predicted molar refractivity (Wildman–Crippen MR) is 118 cm³/mol. The van der Waals surface area contributed by atoms with Crippen molar-refractivity contribution in [3.63, 3.8) is 0 Å². The Kier molecular flexibility index (Phi) is 5.66. The van der Waals surface area contributed by atoms with Crippen molar-refractivity contribution < 1.29 is 14.3 Å². The molecule has 4 rings (SSSR count). The lowest BCUT2D eigenvalue weighted by Crippen LogP contribution is -2.21. The van der Waals surface area contributed by atoms with Crippen LogP contribution in [0.2, 0.25) is 0 Å². The van der Waals surface area contributed by atoms with Crippen LogP contribution in [0.15, 0.2) is 48.5 Å². The number of amides is 2. The van der Waals surface area contributed by atoms with Gasteiger partial charge < -0.3 is 10.5 Å². The summed E-state index contributed by atoms with van der Waals surface area (Å²) in [7, 11) is 0. The molecule has 3 aromatic rings. The molecule has 1 aromatic heterocycles. The zero-order valence-electron chi connectivity index (χ0n) is 17.6. The van der Waals surface area contributed by atoms with E-state index in [9.17, 15) is 9.59 Å². The largest absolute Gasteiger partial charge is 0.494 e. The fourth-order valence-corrected chi connectivity index (χ4v) is 3.57. The molecule has 0 saturated heterocycles. The van der Waals surface area contributed by atoms with Crippen LogP contribution in [0.3, 0.4) is 0 Å². The number of anilines is 2. The van der Waals surface area contributed by atoms with Crippen molar-refractivity contribution in [1.29, 1.82) is 0 Å². The van der Waals surface area contributed by atoms with Crippen molar-refractivity contribution in [1.82, 2.24) is 9.97 Å². The molecule has 1 aliphatic heterocycles. The second-order valence-corrected chi connectivity index (χ2v) is 7.36. The lowest BCUT2D eigenvalue weighted by molar-refractivity contribution is -0.116. The molecule has 0 unspecified atom stereocenters. The van der Waals surface area contributed by atoms with Gasteiger partial charge in [-0.25, -0.2) is 9.97 Å². The number of nitrogens with two attached hydrogens (primary N) is 1. The van der Waals surface area contributed by atoms with Crippen molar-refractivity contribution in [2.45, 2.75) is 33.1 Å². The second-order valence-electron chi connectivity index (χ2n) is 7.36. The van der Waals surface area contributed by atoms with Crippen LogP contribution in [0.1, 0.15) is 41.9 Å². The van der Waals surface area contributed by atoms with E-state index >= 15 is 0 Å². The standard InChI is InChI=1S/C24H24N4O3/c1-3-13-31-18-11-7-16(8-12-18)23-26-21(22(25)30)19-14-20(29)28(24(19)27-23)17-9-5-15(4-2)6-10-17/h5-12H,3-4,13-14H2,1-2H3,(H2,25,30). The molecule has 0 radical (unpaired) electrons. The summed E-state index contributed by atoms with van der Waals surface area (Å²) in [6, 6.07) is 15.0. The molecule has 0 aliphatic carbocycles. The zero-order chi connectivity index (χ0) is 22.0. The monoisotopic (exact) mass is 416 g/mol. The number of ether oxygens (including phenoxy) is 1. The summed E-state index contributed by atoms with van der Waals surface area (Å²) in [5, 5.41) is 0. The maximum absolute atomic E-state index is 12.8. The molecule has 0 saturated carbocycles. The van der Waals surface area contributed by atoms with Gasteiger partial charge in [-0.05, 0) is 54.8 Å². The lowest BCUT2D eigenvalue weighted by atomic mass is 10.1. The van der Waals surface area contributed by atoms with Crippen molar-refractivity contribution in [2.75, 3.05) is 11.5 Å². The summed E-state index contributed by atoms with van der Waals surface area (Å²) in [6.07, 6.45) is 1.86. The summed E-state index contributed by atoms with van der Waals surface area (Å²) in [5.74, 6) is 0.629. The number of aromatic nitrogens is 2. The van der Waals surface area contributed by atoms with E-state index in [0.717, 1.165) is 18.6 Å². The number of benzene rings is 2. The van der Waals surface area contributed by atoms with Gasteiger partial charge in [-0.3, -0.25) is 14.5 Å². The number of hydrogen-bond donors (Lipinski definition) is 1. The molecular weight excluding hydrogens is 392 g/mol. The highest BCUT2D eigenvalue weighted by Gasteiger charge is 2.35. The third kappa shape index (κ3) is 3.99. The average Bonchev–Trinajstić information content (AvgIpc) is 3.12. The van der Waals surface area contributed by atoms with Gasteiger partial charge in [-0.15, -0.1) is 0 Å². The fourth-order valence-electron chi connectivity index (χ4n) is 3.57. The van der Waals surface area contributed by atoms with Crippen molar-refractivity contribution in [3.05, 3.63) is 65.4 Å². The Balaban J connectivity index is 1.78. The Labute approximate surface area is 180 Å². The quantitative estimate of drug-likeness (QED) is 0.631. The first-order valence-corrected chi connectivity index (χ1v) is 10.4. The number of nitrogens with zero attached hydrogens (tertiary/aromatic N) is 3. The van der Waals surface area contributed by atoms with Gasteiger partial charge in [0.1, 0.15) is 17.3 Å². The molecule has 2 N–H and O–H groups in total. The molecule has 7 heteroatoms. The molecule has 1 aliphatic rings. The van der Waals surface area contributed by atoms with E-state index in [-0.39, 0.29) is 18.0 Å². The van der Waals surface area contributed by atoms with Crippen LogP contribution in [0.5, 0.6) is 5.75 Å². The second kappa shape index (κ2) is 8.55. The summed E-state index contributed by atoms with van der Waals surface area (Å²) >= 11 is 0. The Morgan fingerprint density at radius 2 is 1.77 bits per heavy atom. The minimum atomic E-state index is -0.682. The topological polar surface area (TPSA) is 98.4 Å². The van der Waals surface area contributed by atoms with Gasteiger partial charge in [-0.1, -0.05) is 26.0 Å². The predicted octanol–water partition coefficient (Wildman–Crippen LogP) is 3.81. The van der Waals surface area contributed by atoms with Crippen LogP contribution in [0, 0.1) is 0 Å². The number of carbonyl (C=O) groups is 2. The SMILES string of the molecule is CCCOc1ccc(-c2nc(C(N)=O)c3c(n2)N(c2ccc(CC)cc2)C(=O)C3)cc1. The van der Waals surface area contributed by atoms with Gasteiger partial charge >= 0.3 is 0 Å². The van der Waals surface area contributed by atoms with Gasteiger partial charge in [0.15, 0.2) is 5.82 Å². The van der Waals surface area contributed by atoms with Crippen LogP contribution in [-0.4, -0.2) is 28.4 Å². The molecule has 158 valence electrons. The van der Waals surface area contributed by atoms with E-state index in [4.69, 9.17) is 10.5 Å². The highest BCUT2D eigenvalue weighted by molar-refractivity contribution is 6.09. The van der Waals surface area contributed by atoms with E-state index < -0.39 is 5.91 Å². The van der Waals surface area contributed by atoms with Crippen molar-refractivity contribution in [2.24, 2.45) is 5.73 Å². The molecule has 0 bridgehead atoms. The van der Waals surface area contributed by atoms with Crippen LogP contribution < -0.4 is 15.4 Å². The molecule has 7 nitrogen and oxygen atoms in total. The zero-order valence-corrected chi connectivity index (χ0v) is 17.6. The van der Waals surface area contributed by atoms with Crippen LogP contribution in [-0.2, 0) is 17.6 Å². The maximum atomic E-state index is 12.8. The number of primary amides is 1. The minimum absolute atomic E-state index is 0.0349. The van der Waals surface area contributed by atoms with E-state index in [1.54, 1.807) is 0 Å². The highest BCUT2D eigenvalue weighted by Crippen LogP contribution is 2.37. The van der Waals surface area contributed by atoms with E-state index in [2.05, 4.69) is 16.9 Å². The molecule has 0 fully saturated rings. The fraction of sp³-hybridized carbons (Fsp3) is 0.250. The summed E-state index contributed by atoms with van der Waals surface area (Å²) in [6.45, 7) is 4.75. The first-order valence-electron chi connectivity index (χ1n) is 10.4. The molecule has 31 heavy (non-hydrogen) atoms. The molecule has 2 aromatic carbocycles. The normalized spacial score (nSPS) is 12.7. The van der Waals surface area contributed by atoms with Crippen LogP contribution in [0.4, 0.5) is 11.5 Å². The third-order valence-corrected chi connectivity index (χ3v) is 5.20. The Bertz CT molecular complexity index is 1120. The van der Waals surface area contributed by atoms with Gasteiger partial charge in [-0.2, -0.15) is 0 Å². The lowest BCUT2D eigenvalue weighted by Gasteiger charge is -2.18. The van der Waals surface area contributed by atoms with Gasteiger partial charge in [0, 0.05) is 11.1 Å². The van der Waals surface area contributed by atoms with Crippen molar-refractivity contribution in [3.8, 4) is 17.1 Å². The molecule has 0 spiro atoms. The van der Waals surface area contributed by atoms with E-state index in [1.165, 1.54) is 10.5 Å². The molecule has 2 amide bonds. The number of hydrogen-bond acceptors (Lipinski definition) is 5. The number of carbonyl (C=O) groups excluding carboxylic acids is 2. The van der Waals surface area contributed by atoms with Gasteiger partial charge in [0.05, 0.1) is 18.7 Å². The Morgan fingerprint density at radius 1 is 1.06 bits per heavy atom. The summed E-state index contributed by atoms with van der Waals surface area (Å²) in [5.41, 5.74) is 8.71. The molecule has 0 atom stereocenters. The Hall–Kier alpha value is -3.74. The molecule has 2 heterocycles. The minimum Gasteiger partial charge on any atom is -0.494 e. The summed E-state index contributed by atoms with van der Waals surface area (Å²) in [4.78, 5) is 35.6. The average molecular weight is 416 g/mol. The Morgan fingerprint density at radius 3 is 2.39 bits per heavy atom. The van der Waals surface area contributed by atoms with Crippen LogP contribution >= 0.6 is 0 Å². The summed E-state index contributed by atoms with van der Waals surface area (Å²) < 4.78 is 5.62. The van der Waals surface area contributed by atoms with Gasteiger partial charge in [0.2, 0.25) is 5.91 Å². The first kappa shape index (κ1) is 20.5.